The number of nitrogens with two attached hydrogens (primary N) is 2. The first-order chi connectivity index (χ1) is 8.64. The number of hydrogen-bond acceptors (Lipinski definition) is 4. The first-order valence-corrected chi connectivity index (χ1v) is 5.81. The molecule has 19 heavy (non-hydrogen) atoms. The number of halogens is 2. The summed E-state index contributed by atoms with van der Waals surface area (Å²) < 4.78 is 27.4. The Labute approximate surface area is 110 Å². The van der Waals surface area contributed by atoms with Crippen molar-refractivity contribution in [1.82, 2.24) is 5.01 Å². The molecule has 1 aromatic rings. The zero-order chi connectivity index (χ0) is 14.5. The van der Waals surface area contributed by atoms with Crippen LogP contribution in [0.1, 0.15) is 26.3 Å². The van der Waals surface area contributed by atoms with Gasteiger partial charge in [-0.1, -0.05) is 0 Å². The van der Waals surface area contributed by atoms with Crippen molar-refractivity contribution >= 4 is 11.5 Å². The second kappa shape index (κ2) is 4.14. The molecule has 0 fully saturated rings. The second-order valence-electron chi connectivity index (χ2n) is 5.49. The number of fused-ring (bicyclic) bond motifs is 1. The van der Waals surface area contributed by atoms with Crippen molar-refractivity contribution in [2.75, 3.05) is 4.90 Å². The molecule has 0 spiro atoms. The number of hydrogen-bond donors (Lipinski definition) is 3. The maximum absolute atomic E-state index is 14.1. The zero-order valence-electron chi connectivity index (χ0n) is 11.0. The number of anilines is 1. The maximum atomic E-state index is 14.1. The number of nitrogens with one attached hydrogen (secondary N) is 1. The largest absolute Gasteiger partial charge is 0.330 e. The van der Waals surface area contributed by atoms with Crippen LogP contribution in [0.25, 0.3) is 0 Å². The Morgan fingerprint density at radius 3 is 2.37 bits per heavy atom. The highest BCUT2D eigenvalue weighted by Crippen LogP contribution is 2.36. The van der Waals surface area contributed by atoms with Gasteiger partial charge >= 0.3 is 0 Å². The van der Waals surface area contributed by atoms with E-state index in [1.165, 1.54) is 4.90 Å². The SMILES string of the molecule is CC(C)(C)N1c2c(F)cc(F)cc2C(=N)N(N)C1N. The minimum absolute atomic E-state index is 0.0941. The summed E-state index contributed by atoms with van der Waals surface area (Å²) in [5, 5.41) is 8.85. The third kappa shape index (κ3) is 2.04. The lowest BCUT2D eigenvalue weighted by atomic mass is 9.99. The van der Waals surface area contributed by atoms with Crippen molar-refractivity contribution in [3.8, 4) is 0 Å². The van der Waals surface area contributed by atoms with Crippen LogP contribution in [0.15, 0.2) is 12.1 Å². The molecule has 1 aliphatic heterocycles. The molecule has 2 rings (SSSR count). The first-order valence-electron chi connectivity index (χ1n) is 5.81. The normalized spacial score (nSPS) is 19.7. The third-order valence-corrected chi connectivity index (χ3v) is 3.05. The highest BCUT2D eigenvalue weighted by atomic mass is 19.1. The number of nitrogens with zero attached hydrogens (tertiary/aromatic N) is 2. The van der Waals surface area contributed by atoms with E-state index in [1.807, 2.05) is 20.8 Å². The van der Waals surface area contributed by atoms with Gasteiger partial charge in [0.05, 0.1) is 5.69 Å². The van der Waals surface area contributed by atoms with Gasteiger partial charge in [-0.2, -0.15) is 0 Å². The van der Waals surface area contributed by atoms with E-state index in [0.717, 1.165) is 17.1 Å². The molecule has 0 aromatic heterocycles. The molecule has 1 atom stereocenters. The molecule has 0 saturated carbocycles. The fourth-order valence-corrected chi connectivity index (χ4v) is 2.25. The molecule has 1 unspecified atom stereocenters. The highest BCUT2D eigenvalue weighted by molar-refractivity contribution is 6.03. The highest BCUT2D eigenvalue weighted by Gasteiger charge is 2.39. The van der Waals surface area contributed by atoms with E-state index in [0.29, 0.717) is 0 Å². The lowest BCUT2D eigenvalue weighted by molar-refractivity contribution is 0.260. The molecule has 7 heteroatoms. The Kier molecular flexibility index (Phi) is 2.98. The third-order valence-electron chi connectivity index (χ3n) is 3.05. The summed E-state index contributed by atoms with van der Waals surface area (Å²) in [4.78, 5) is 1.54. The molecule has 0 amide bonds. The first kappa shape index (κ1) is 13.7. The maximum Gasteiger partial charge on any atom is 0.171 e. The van der Waals surface area contributed by atoms with Gasteiger partial charge in [0.15, 0.2) is 6.29 Å². The molecule has 1 aliphatic rings. The monoisotopic (exact) mass is 269 g/mol. The minimum Gasteiger partial charge on any atom is -0.330 e. The Hall–Kier alpha value is -1.73. The van der Waals surface area contributed by atoms with E-state index in [9.17, 15) is 8.78 Å². The van der Waals surface area contributed by atoms with E-state index in [1.54, 1.807) is 0 Å². The van der Waals surface area contributed by atoms with Gasteiger partial charge in [-0.25, -0.2) is 14.6 Å². The standard InChI is InChI=1S/C12H17F2N5/c1-12(2,3)18-9-7(4-6(13)5-8(9)14)10(15)19(17)11(18)16/h4-5,11,15H,16-17H2,1-3H3. The van der Waals surface area contributed by atoms with Gasteiger partial charge in [0, 0.05) is 17.2 Å². The van der Waals surface area contributed by atoms with E-state index in [2.05, 4.69) is 0 Å². The van der Waals surface area contributed by atoms with Gasteiger partial charge in [0.25, 0.3) is 0 Å². The van der Waals surface area contributed by atoms with E-state index in [4.69, 9.17) is 17.0 Å². The van der Waals surface area contributed by atoms with Crippen molar-refractivity contribution in [3.63, 3.8) is 0 Å². The van der Waals surface area contributed by atoms with Crippen LogP contribution in [0.5, 0.6) is 0 Å². The molecule has 0 bridgehead atoms. The molecular weight excluding hydrogens is 252 g/mol. The van der Waals surface area contributed by atoms with E-state index in [-0.39, 0.29) is 17.1 Å². The molecule has 104 valence electrons. The van der Waals surface area contributed by atoms with Crippen molar-refractivity contribution < 1.29 is 8.78 Å². The second-order valence-corrected chi connectivity index (χ2v) is 5.49. The Morgan fingerprint density at radius 2 is 1.84 bits per heavy atom. The smallest absolute Gasteiger partial charge is 0.171 e. The minimum atomic E-state index is -0.889. The van der Waals surface area contributed by atoms with Crippen LogP contribution in [0.3, 0.4) is 0 Å². The summed E-state index contributed by atoms with van der Waals surface area (Å²) in [7, 11) is 0. The van der Waals surface area contributed by atoms with Gasteiger partial charge in [-0.05, 0) is 26.8 Å². The lowest BCUT2D eigenvalue weighted by Gasteiger charge is -2.49. The molecule has 0 radical (unpaired) electrons. The Bertz CT molecular complexity index is 538. The fourth-order valence-electron chi connectivity index (χ4n) is 2.25. The topological polar surface area (TPSA) is 82.4 Å². The molecule has 0 aliphatic carbocycles. The summed E-state index contributed by atoms with van der Waals surface area (Å²) >= 11 is 0. The van der Waals surface area contributed by atoms with Crippen molar-refractivity contribution in [2.24, 2.45) is 11.6 Å². The quantitative estimate of drug-likeness (QED) is 0.620. The van der Waals surface area contributed by atoms with Crippen molar-refractivity contribution in [1.29, 1.82) is 5.41 Å². The predicted octanol–water partition coefficient (Wildman–Crippen LogP) is 1.33. The number of amidine groups is 1. The van der Waals surface area contributed by atoms with Gasteiger partial charge in [-0.3, -0.25) is 16.2 Å². The van der Waals surface area contributed by atoms with Gasteiger partial charge < -0.3 is 4.90 Å². The van der Waals surface area contributed by atoms with Crippen LogP contribution < -0.4 is 16.5 Å². The van der Waals surface area contributed by atoms with Gasteiger partial charge in [-0.15, -0.1) is 0 Å². The molecule has 5 N–H and O–H groups in total. The Morgan fingerprint density at radius 1 is 1.26 bits per heavy atom. The van der Waals surface area contributed by atoms with Crippen LogP contribution >= 0.6 is 0 Å². The molecule has 5 nitrogen and oxygen atoms in total. The summed E-state index contributed by atoms with van der Waals surface area (Å²) in [6.45, 7) is 5.51. The number of rotatable bonds is 0. The average Bonchev–Trinajstić information content (AvgIpc) is 2.26. The molecular formula is C12H17F2N5. The van der Waals surface area contributed by atoms with Crippen LogP contribution in [0, 0.1) is 17.0 Å². The molecule has 1 aromatic carbocycles. The van der Waals surface area contributed by atoms with Gasteiger partial charge in [0.1, 0.15) is 17.5 Å². The molecule has 1 heterocycles. The van der Waals surface area contributed by atoms with Crippen molar-refractivity contribution in [2.45, 2.75) is 32.6 Å². The van der Waals surface area contributed by atoms with Crippen LogP contribution in [-0.4, -0.2) is 22.7 Å². The Balaban J connectivity index is 2.74. The van der Waals surface area contributed by atoms with E-state index >= 15 is 0 Å². The van der Waals surface area contributed by atoms with Crippen molar-refractivity contribution in [3.05, 3.63) is 29.3 Å². The lowest BCUT2D eigenvalue weighted by Crippen LogP contribution is -2.67. The summed E-state index contributed by atoms with van der Waals surface area (Å²) in [5.41, 5.74) is 5.61. The number of benzene rings is 1. The summed E-state index contributed by atoms with van der Waals surface area (Å²) in [6, 6.07) is 1.87. The molecule has 0 saturated heterocycles. The van der Waals surface area contributed by atoms with Crippen LogP contribution in [-0.2, 0) is 0 Å². The average molecular weight is 269 g/mol. The predicted molar refractivity (Wildman–Crippen MR) is 69.4 cm³/mol. The summed E-state index contributed by atoms with van der Waals surface area (Å²) in [5.74, 6) is 4.01. The fraction of sp³-hybridized carbons (Fsp3) is 0.417. The van der Waals surface area contributed by atoms with Crippen LogP contribution in [0.2, 0.25) is 0 Å². The van der Waals surface area contributed by atoms with Gasteiger partial charge in [0.2, 0.25) is 0 Å². The zero-order valence-corrected chi connectivity index (χ0v) is 11.0. The van der Waals surface area contributed by atoms with Crippen LogP contribution in [0.4, 0.5) is 14.5 Å². The number of hydrazine groups is 1. The van der Waals surface area contributed by atoms with E-state index < -0.39 is 23.5 Å². The summed E-state index contributed by atoms with van der Waals surface area (Å²) in [6.07, 6.45) is -0.889.